The number of hydrogen-bond acceptors (Lipinski definition) is 3. The van der Waals surface area contributed by atoms with E-state index in [1.54, 1.807) is 6.20 Å². The van der Waals surface area contributed by atoms with E-state index in [0.717, 1.165) is 54.8 Å². The van der Waals surface area contributed by atoms with Gasteiger partial charge in [0.2, 0.25) is 5.91 Å². The molecular weight excluding hydrogens is 376 g/mol. The highest BCUT2D eigenvalue weighted by atomic mass is 16.2. The number of rotatable bonds is 3. The maximum atomic E-state index is 13.1. The third kappa shape index (κ3) is 3.16. The Morgan fingerprint density at radius 1 is 1.17 bits per heavy atom. The van der Waals surface area contributed by atoms with E-state index >= 15 is 0 Å². The number of amides is 2. The van der Waals surface area contributed by atoms with E-state index in [-0.39, 0.29) is 11.8 Å². The highest BCUT2D eigenvalue weighted by molar-refractivity contribution is 5.98. The van der Waals surface area contributed by atoms with Crippen LogP contribution in [-0.4, -0.2) is 46.3 Å². The van der Waals surface area contributed by atoms with Crippen molar-refractivity contribution >= 4 is 28.5 Å². The van der Waals surface area contributed by atoms with Gasteiger partial charge in [0.15, 0.2) is 0 Å². The Balaban J connectivity index is 1.28. The number of fused-ring (bicyclic) bond motifs is 2. The maximum absolute atomic E-state index is 13.1. The van der Waals surface area contributed by atoms with Crippen LogP contribution < -0.4 is 4.90 Å². The Kier molecular flexibility index (Phi) is 4.77. The molecule has 6 nitrogen and oxygen atoms in total. The van der Waals surface area contributed by atoms with Crippen molar-refractivity contribution < 1.29 is 9.59 Å². The summed E-state index contributed by atoms with van der Waals surface area (Å²) in [4.78, 5) is 36.7. The summed E-state index contributed by atoms with van der Waals surface area (Å²) in [6.45, 7) is 4.11. The van der Waals surface area contributed by atoms with Crippen LogP contribution in [0.25, 0.3) is 11.0 Å². The molecule has 154 valence electrons. The lowest BCUT2D eigenvalue weighted by molar-refractivity contribution is -0.118. The van der Waals surface area contributed by atoms with Gasteiger partial charge in [-0.15, -0.1) is 0 Å². The normalized spacial score (nSPS) is 16.8. The quantitative estimate of drug-likeness (QED) is 0.723. The minimum atomic E-state index is 0.0945. The molecule has 0 spiro atoms. The standard InChI is InChI=1S/C24H26N4O2/c1-2-22(29)28-13-9-17-14-18(5-6-21(17)28)24(30)27-11-7-16(8-12-27)20-15-26-23-19(20)4-3-10-25-23/h3-6,10,14-16H,2,7-9,11-13H2,1H3,(H,25,26). The second-order valence-electron chi connectivity index (χ2n) is 8.20. The predicted molar refractivity (Wildman–Crippen MR) is 117 cm³/mol. The van der Waals surface area contributed by atoms with Gasteiger partial charge in [-0.3, -0.25) is 9.59 Å². The summed E-state index contributed by atoms with van der Waals surface area (Å²) in [6.07, 6.45) is 7.11. The highest BCUT2D eigenvalue weighted by Gasteiger charge is 2.28. The van der Waals surface area contributed by atoms with Crippen molar-refractivity contribution in [3.8, 4) is 0 Å². The monoisotopic (exact) mass is 402 g/mol. The first-order valence-electron chi connectivity index (χ1n) is 10.8. The maximum Gasteiger partial charge on any atom is 0.253 e. The molecule has 2 aliphatic rings. The molecule has 4 heterocycles. The number of benzene rings is 1. The molecule has 5 rings (SSSR count). The number of anilines is 1. The van der Waals surface area contributed by atoms with Crippen molar-refractivity contribution in [1.82, 2.24) is 14.9 Å². The van der Waals surface area contributed by atoms with Crippen molar-refractivity contribution in [2.24, 2.45) is 0 Å². The number of pyridine rings is 1. The molecule has 6 heteroatoms. The van der Waals surface area contributed by atoms with Gasteiger partial charge < -0.3 is 14.8 Å². The SMILES string of the molecule is CCC(=O)N1CCc2cc(C(=O)N3CCC(c4c[nH]c5ncccc45)CC3)ccc21. The summed E-state index contributed by atoms with van der Waals surface area (Å²) in [5, 5.41) is 1.19. The molecule has 3 aromatic rings. The summed E-state index contributed by atoms with van der Waals surface area (Å²) in [5.41, 5.74) is 5.03. The molecule has 0 radical (unpaired) electrons. The van der Waals surface area contributed by atoms with Crippen LogP contribution in [-0.2, 0) is 11.2 Å². The molecule has 1 aromatic carbocycles. The number of aromatic nitrogens is 2. The fourth-order valence-corrected chi connectivity index (χ4v) is 4.88. The fraction of sp³-hybridized carbons (Fsp3) is 0.375. The molecule has 1 N–H and O–H groups in total. The molecule has 0 aliphatic carbocycles. The van der Waals surface area contributed by atoms with Crippen LogP contribution in [0, 0.1) is 0 Å². The number of carbonyl (C=O) groups excluding carboxylic acids is 2. The fourth-order valence-electron chi connectivity index (χ4n) is 4.88. The molecule has 1 saturated heterocycles. The lowest BCUT2D eigenvalue weighted by Gasteiger charge is -2.32. The number of likely N-dealkylation sites (tertiary alicyclic amines) is 1. The topological polar surface area (TPSA) is 69.3 Å². The van der Waals surface area contributed by atoms with Crippen molar-refractivity contribution in [3.63, 3.8) is 0 Å². The van der Waals surface area contributed by atoms with Gasteiger partial charge in [0.25, 0.3) is 5.91 Å². The average Bonchev–Trinajstić information content (AvgIpc) is 3.42. The Bertz CT molecular complexity index is 1110. The molecule has 2 amide bonds. The van der Waals surface area contributed by atoms with E-state index < -0.39 is 0 Å². The van der Waals surface area contributed by atoms with Gasteiger partial charge in [0.05, 0.1) is 0 Å². The van der Waals surface area contributed by atoms with E-state index in [1.165, 1.54) is 10.9 Å². The Hall–Kier alpha value is -3.15. The van der Waals surface area contributed by atoms with Gasteiger partial charge in [-0.25, -0.2) is 4.98 Å². The third-order valence-electron chi connectivity index (χ3n) is 6.53. The van der Waals surface area contributed by atoms with E-state index in [1.807, 2.05) is 41.0 Å². The largest absolute Gasteiger partial charge is 0.346 e. The van der Waals surface area contributed by atoms with Gasteiger partial charge in [0.1, 0.15) is 5.65 Å². The molecule has 30 heavy (non-hydrogen) atoms. The van der Waals surface area contributed by atoms with Gasteiger partial charge in [0, 0.05) is 55.1 Å². The first-order valence-corrected chi connectivity index (χ1v) is 10.8. The Labute approximate surface area is 175 Å². The molecule has 0 atom stereocenters. The van der Waals surface area contributed by atoms with Crippen LogP contribution >= 0.6 is 0 Å². The van der Waals surface area contributed by atoms with Crippen LogP contribution in [0.4, 0.5) is 5.69 Å². The first-order chi connectivity index (χ1) is 14.7. The minimum absolute atomic E-state index is 0.0945. The number of aromatic amines is 1. The van der Waals surface area contributed by atoms with Gasteiger partial charge in [-0.2, -0.15) is 0 Å². The van der Waals surface area contributed by atoms with Crippen LogP contribution in [0.5, 0.6) is 0 Å². The van der Waals surface area contributed by atoms with Crippen molar-refractivity contribution in [2.75, 3.05) is 24.5 Å². The van der Waals surface area contributed by atoms with Crippen LogP contribution in [0.2, 0.25) is 0 Å². The molecule has 2 aromatic heterocycles. The van der Waals surface area contributed by atoms with E-state index in [0.29, 0.717) is 18.9 Å². The second kappa shape index (κ2) is 7.59. The summed E-state index contributed by atoms with van der Waals surface area (Å²) in [7, 11) is 0. The summed E-state index contributed by atoms with van der Waals surface area (Å²) in [5.74, 6) is 0.681. The number of piperidine rings is 1. The number of H-pyrrole nitrogens is 1. The summed E-state index contributed by atoms with van der Waals surface area (Å²) < 4.78 is 0. The second-order valence-corrected chi connectivity index (χ2v) is 8.20. The molecule has 1 fully saturated rings. The third-order valence-corrected chi connectivity index (χ3v) is 6.53. The van der Waals surface area contributed by atoms with Crippen molar-refractivity contribution in [3.05, 3.63) is 59.4 Å². The first kappa shape index (κ1) is 18.9. The number of carbonyl (C=O) groups is 2. The zero-order valence-corrected chi connectivity index (χ0v) is 17.2. The van der Waals surface area contributed by atoms with Crippen molar-refractivity contribution in [1.29, 1.82) is 0 Å². The van der Waals surface area contributed by atoms with Crippen molar-refractivity contribution in [2.45, 2.75) is 38.5 Å². The highest BCUT2D eigenvalue weighted by Crippen LogP contribution is 2.34. The summed E-state index contributed by atoms with van der Waals surface area (Å²) >= 11 is 0. The molecular formula is C24H26N4O2. The number of nitrogens with zero attached hydrogens (tertiary/aromatic N) is 3. The average molecular weight is 402 g/mol. The number of hydrogen-bond donors (Lipinski definition) is 1. The Morgan fingerprint density at radius 3 is 2.80 bits per heavy atom. The predicted octanol–water partition coefficient (Wildman–Crippen LogP) is 3.88. The van der Waals surface area contributed by atoms with E-state index in [4.69, 9.17) is 0 Å². The van der Waals surface area contributed by atoms with Crippen LogP contribution in [0.3, 0.4) is 0 Å². The molecule has 2 aliphatic heterocycles. The lowest BCUT2D eigenvalue weighted by atomic mass is 9.89. The van der Waals surface area contributed by atoms with Gasteiger partial charge >= 0.3 is 0 Å². The molecule has 0 unspecified atom stereocenters. The lowest BCUT2D eigenvalue weighted by Crippen LogP contribution is -2.38. The number of nitrogens with one attached hydrogen (secondary N) is 1. The van der Waals surface area contributed by atoms with Gasteiger partial charge in [-0.1, -0.05) is 6.92 Å². The molecule has 0 saturated carbocycles. The van der Waals surface area contributed by atoms with Crippen LogP contribution in [0.1, 0.15) is 53.6 Å². The zero-order valence-electron chi connectivity index (χ0n) is 17.2. The Morgan fingerprint density at radius 2 is 2.00 bits per heavy atom. The van der Waals surface area contributed by atoms with E-state index in [9.17, 15) is 9.59 Å². The minimum Gasteiger partial charge on any atom is -0.346 e. The molecule has 0 bridgehead atoms. The van der Waals surface area contributed by atoms with E-state index in [2.05, 4.69) is 22.2 Å². The van der Waals surface area contributed by atoms with Crippen LogP contribution in [0.15, 0.2) is 42.7 Å². The van der Waals surface area contributed by atoms with Gasteiger partial charge in [-0.05, 0) is 66.6 Å². The summed E-state index contributed by atoms with van der Waals surface area (Å²) in [6, 6.07) is 9.89. The zero-order chi connectivity index (χ0) is 20.7. The smallest absolute Gasteiger partial charge is 0.253 e.